The summed E-state index contributed by atoms with van der Waals surface area (Å²) in [5, 5.41) is 3.29. The summed E-state index contributed by atoms with van der Waals surface area (Å²) in [6, 6.07) is 8.49. The van der Waals surface area contributed by atoms with Crippen molar-refractivity contribution in [2.24, 2.45) is 5.73 Å². The Hall–Kier alpha value is -1.72. The van der Waals surface area contributed by atoms with Gasteiger partial charge in [0.05, 0.1) is 5.02 Å². The molecule has 0 heterocycles. The van der Waals surface area contributed by atoms with Crippen molar-refractivity contribution in [2.45, 2.75) is 0 Å². The minimum atomic E-state index is -0.921. The zero-order chi connectivity index (χ0) is 14.0. The van der Waals surface area contributed by atoms with E-state index in [0.717, 1.165) is 12.1 Å². The Kier molecular flexibility index (Phi) is 3.97. The molecule has 0 bridgehead atoms. The van der Waals surface area contributed by atoms with Crippen LogP contribution in [-0.2, 0) is 0 Å². The van der Waals surface area contributed by atoms with E-state index in [1.54, 1.807) is 18.2 Å². The second kappa shape index (κ2) is 5.50. The van der Waals surface area contributed by atoms with Crippen molar-refractivity contribution in [1.29, 1.82) is 0 Å². The fourth-order valence-electron chi connectivity index (χ4n) is 1.53. The van der Waals surface area contributed by atoms with E-state index >= 15 is 0 Å². The third-order valence-corrected chi connectivity index (χ3v) is 2.98. The summed E-state index contributed by atoms with van der Waals surface area (Å²) in [6.45, 7) is 0. The van der Waals surface area contributed by atoms with Gasteiger partial charge in [0.25, 0.3) is 0 Å². The maximum Gasteiger partial charge on any atom is 0.160 e. The van der Waals surface area contributed by atoms with E-state index in [4.69, 9.17) is 29.6 Å². The summed E-state index contributed by atoms with van der Waals surface area (Å²) in [5.41, 5.74) is 7.09. The van der Waals surface area contributed by atoms with Crippen molar-refractivity contribution in [3.05, 3.63) is 58.6 Å². The van der Waals surface area contributed by atoms with E-state index < -0.39 is 11.6 Å². The summed E-state index contributed by atoms with van der Waals surface area (Å²) in [5.74, 6) is -1.82. The molecule has 0 unspecified atom stereocenters. The largest absolute Gasteiger partial charge is 0.389 e. The Morgan fingerprint density at radius 2 is 1.68 bits per heavy atom. The van der Waals surface area contributed by atoms with Gasteiger partial charge >= 0.3 is 0 Å². The lowest BCUT2D eigenvalue weighted by atomic mass is 10.2. The van der Waals surface area contributed by atoms with E-state index in [1.807, 2.05) is 0 Å². The zero-order valence-electron chi connectivity index (χ0n) is 9.58. The predicted molar refractivity (Wildman–Crippen MR) is 77.0 cm³/mol. The summed E-state index contributed by atoms with van der Waals surface area (Å²) >= 11 is 10.8. The molecule has 0 saturated carbocycles. The Labute approximate surface area is 119 Å². The summed E-state index contributed by atoms with van der Waals surface area (Å²) in [6.07, 6.45) is 0. The first kappa shape index (κ1) is 13.7. The monoisotopic (exact) mass is 298 g/mol. The standard InChI is InChI=1S/C13H9ClF2N2S/c14-10-5-7(1-3-9(10)13(17)19)18-8-2-4-11(15)12(16)6-8/h1-6,18H,(H2,17,19). The first-order valence-electron chi connectivity index (χ1n) is 5.29. The fourth-order valence-corrected chi connectivity index (χ4v) is 2.05. The number of halogens is 3. The summed E-state index contributed by atoms with van der Waals surface area (Å²) in [4.78, 5) is 0.198. The van der Waals surface area contributed by atoms with Crippen molar-refractivity contribution >= 4 is 40.2 Å². The molecule has 0 fully saturated rings. The highest BCUT2D eigenvalue weighted by molar-refractivity contribution is 7.80. The number of thiocarbonyl (C=S) groups is 1. The van der Waals surface area contributed by atoms with Crippen LogP contribution in [0.15, 0.2) is 36.4 Å². The molecule has 2 aromatic carbocycles. The van der Waals surface area contributed by atoms with Gasteiger partial charge in [-0.1, -0.05) is 23.8 Å². The van der Waals surface area contributed by atoms with Gasteiger partial charge in [0.1, 0.15) is 4.99 Å². The number of hydrogen-bond donors (Lipinski definition) is 2. The van der Waals surface area contributed by atoms with Gasteiger partial charge in [-0.3, -0.25) is 0 Å². The van der Waals surface area contributed by atoms with Crippen molar-refractivity contribution in [3.63, 3.8) is 0 Å². The molecule has 0 aliphatic heterocycles. The van der Waals surface area contributed by atoms with Crippen LogP contribution in [0.4, 0.5) is 20.2 Å². The van der Waals surface area contributed by atoms with E-state index in [2.05, 4.69) is 5.32 Å². The highest BCUT2D eigenvalue weighted by Gasteiger charge is 2.06. The number of anilines is 2. The molecule has 2 aromatic rings. The quantitative estimate of drug-likeness (QED) is 0.841. The number of nitrogens with two attached hydrogens (primary N) is 1. The summed E-state index contributed by atoms with van der Waals surface area (Å²) in [7, 11) is 0. The summed E-state index contributed by atoms with van der Waals surface area (Å²) < 4.78 is 25.8. The molecular formula is C13H9ClF2N2S. The van der Waals surface area contributed by atoms with Gasteiger partial charge in [0.15, 0.2) is 11.6 Å². The Morgan fingerprint density at radius 1 is 1.05 bits per heavy atom. The predicted octanol–water partition coefficient (Wildman–Crippen LogP) is 4.00. The van der Waals surface area contributed by atoms with E-state index in [1.165, 1.54) is 6.07 Å². The van der Waals surface area contributed by atoms with Gasteiger partial charge in [-0.15, -0.1) is 0 Å². The van der Waals surface area contributed by atoms with Crippen LogP contribution in [0.25, 0.3) is 0 Å². The van der Waals surface area contributed by atoms with Crippen LogP contribution < -0.4 is 11.1 Å². The van der Waals surface area contributed by atoms with Gasteiger partial charge in [0, 0.05) is 23.0 Å². The van der Waals surface area contributed by atoms with Gasteiger partial charge in [-0.05, 0) is 30.3 Å². The van der Waals surface area contributed by atoms with Gasteiger partial charge in [0.2, 0.25) is 0 Å². The van der Waals surface area contributed by atoms with E-state index in [0.29, 0.717) is 22.0 Å². The molecule has 6 heteroatoms. The van der Waals surface area contributed by atoms with Crippen molar-refractivity contribution in [3.8, 4) is 0 Å². The lowest BCUT2D eigenvalue weighted by Gasteiger charge is -2.09. The molecule has 0 aromatic heterocycles. The Morgan fingerprint density at radius 3 is 2.26 bits per heavy atom. The van der Waals surface area contributed by atoms with Gasteiger partial charge in [-0.2, -0.15) is 0 Å². The topological polar surface area (TPSA) is 38.0 Å². The molecule has 0 radical (unpaired) electrons. The first-order chi connectivity index (χ1) is 8.97. The number of rotatable bonds is 3. The van der Waals surface area contributed by atoms with Crippen molar-refractivity contribution in [1.82, 2.24) is 0 Å². The highest BCUT2D eigenvalue weighted by atomic mass is 35.5. The van der Waals surface area contributed by atoms with Gasteiger partial charge < -0.3 is 11.1 Å². The van der Waals surface area contributed by atoms with Crippen LogP contribution in [0.3, 0.4) is 0 Å². The molecular weight excluding hydrogens is 290 g/mol. The maximum absolute atomic E-state index is 13.1. The Balaban J connectivity index is 2.26. The molecule has 0 saturated heterocycles. The van der Waals surface area contributed by atoms with Crippen LogP contribution in [-0.4, -0.2) is 4.99 Å². The van der Waals surface area contributed by atoms with Crippen molar-refractivity contribution in [2.75, 3.05) is 5.32 Å². The first-order valence-corrected chi connectivity index (χ1v) is 6.07. The van der Waals surface area contributed by atoms with Crippen LogP contribution in [0.5, 0.6) is 0 Å². The third kappa shape index (κ3) is 3.19. The molecule has 19 heavy (non-hydrogen) atoms. The average Bonchev–Trinajstić information content (AvgIpc) is 2.33. The smallest absolute Gasteiger partial charge is 0.160 e. The molecule has 2 rings (SSSR count). The second-order valence-electron chi connectivity index (χ2n) is 3.81. The number of benzene rings is 2. The second-order valence-corrected chi connectivity index (χ2v) is 4.66. The van der Waals surface area contributed by atoms with E-state index in [-0.39, 0.29) is 4.99 Å². The van der Waals surface area contributed by atoms with Crippen LogP contribution in [0.2, 0.25) is 5.02 Å². The van der Waals surface area contributed by atoms with Crippen molar-refractivity contribution < 1.29 is 8.78 Å². The highest BCUT2D eigenvalue weighted by Crippen LogP contribution is 2.24. The van der Waals surface area contributed by atoms with E-state index in [9.17, 15) is 8.78 Å². The minimum Gasteiger partial charge on any atom is -0.389 e. The number of hydrogen-bond acceptors (Lipinski definition) is 2. The molecule has 98 valence electrons. The molecule has 0 amide bonds. The Bertz CT molecular complexity index is 647. The fraction of sp³-hybridized carbons (Fsp3) is 0. The SMILES string of the molecule is NC(=S)c1ccc(Nc2ccc(F)c(F)c2)cc1Cl. The molecule has 0 aliphatic carbocycles. The zero-order valence-corrected chi connectivity index (χ0v) is 11.2. The lowest BCUT2D eigenvalue weighted by Crippen LogP contribution is -2.09. The van der Waals surface area contributed by atoms with Crippen LogP contribution >= 0.6 is 23.8 Å². The van der Waals surface area contributed by atoms with Gasteiger partial charge in [-0.25, -0.2) is 8.78 Å². The molecule has 0 atom stereocenters. The molecule has 3 N–H and O–H groups in total. The molecule has 0 spiro atoms. The third-order valence-electron chi connectivity index (χ3n) is 2.44. The normalized spacial score (nSPS) is 10.3. The average molecular weight is 299 g/mol. The lowest BCUT2D eigenvalue weighted by molar-refractivity contribution is 0.509. The molecule has 2 nitrogen and oxygen atoms in total. The van der Waals surface area contributed by atoms with Crippen LogP contribution in [0, 0.1) is 11.6 Å². The maximum atomic E-state index is 13.1. The number of nitrogens with one attached hydrogen (secondary N) is 1. The minimum absolute atomic E-state index is 0.198. The molecule has 0 aliphatic rings. The van der Waals surface area contributed by atoms with Crippen LogP contribution in [0.1, 0.15) is 5.56 Å².